The van der Waals surface area contributed by atoms with Crippen LogP contribution in [0.2, 0.25) is 0 Å². The van der Waals surface area contributed by atoms with Gasteiger partial charge in [-0.1, -0.05) is 42.5 Å². The van der Waals surface area contributed by atoms with Crippen molar-refractivity contribution in [2.24, 2.45) is 0 Å². The molecule has 0 fully saturated rings. The van der Waals surface area contributed by atoms with Gasteiger partial charge in [0.05, 0.1) is 0 Å². The van der Waals surface area contributed by atoms with Gasteiger partial charge in [0.15, 0.2) is 0 Å². The number of amides is 1. The van der Waals surface area contributed by atoms with Crippen LogP contribution in [0.5, 0.6) is 0 Å². The Hall–Kier alpha value is -3.14. The number of nitrogens with one attached hydrogen (secondary N) is 2. The predicted octanol–water partition coefficient (Wildman–Crippen LogP) is 4.30. The molecule has 3 rings (SSSR count). The van der Waals surface area contributed by atoms with Gasteiger partial charge in [0.2, 0.25) is 0 Å². The molecule has 0 spiro atoms. The molecule has 0 bridgehead atoms. The highest BCUT2D eigenvalue weighted by Gasteiger charge is 2.08. The molecule has 2 N–H and O–H groups in total. The van der Waals surface area contributed by atoms with Gasteiger partial charge < -0.3 is 10.6 Å². The van der Waals surface area contributed by atoms with E-state index in [9.17, 15) is 4.79 Å². The van der Waals surface area contributed by atoms with E-state index in [4.69, 9.17) is 0 Å². The zero-order chi connectivity index (χ0) is 17.5. The van der Waals surface area contributed by atoms with Gasteiger partial charge in [-0.2, -0.15) is 0 Å². The molecular weight excluding hydrogens is 310 g/mol. The van der Waals surface area contributed by atoms with Crippen molar-refractivity contribution in [2.75, 3.05) is 17.2 Å². The highest BCUT2D eigenvalue weighted by Crippen LogP contribution is 2.13. The molecular formula is C21H21N3O. The molecule has 1 amide bonds. The fraction of sp³-hybridized carbons (Fsp3) is 0.143. The van der Waals surface area contributed by atoms with Crippen molar-refractivity contribution in [3.8, 4) is 0 Å². The molecule has 1 aromatic heterocycles. The lowest BCUT2D eigenvalue weighted by Gasteiger charge is -2.09. The van der Waals surface area contributed by atoms with Gasteiger partial charge in [0, 0.05) is 24.1 Å². The Morgan fingerprint density at radius 1 is 0.960 bits per heavy atom. The molecule has 25 heavy (non-hydrogen) atoms. The van der Waals surface area contributed by atoms with Crippen LogP contribution in [0.3, 0.4) is 0 Å². The Morgan fingerprint density at radius 3 is 2.60 bits per heavy atom. The summed E-state index contributed by atoms with van der Waals surface area (Å²) in [5.41, 5.74) is 4.43. The Morgan fingerprint density at radius 2 is 1.80 bits per heavy atom. The Labute approximate surface area is 147 Å². The molecule has 0 saturated carbocycles. The number of benzene rings is 2. The molecule has 0 aliphatic heterocycles. The quantitative estimate of drug-likeness (QED) is 0.708. The lowest BCUT2D eigenvalue weighted by Crippen LogP contribution is -2.14. The lowest BCUT2D eigenvalue weighted by atomic mass is 10.1. The van der Waals surface area contributed by atoms with Crippen LogP contribution in [0, 0.1) is 6.92 Å². The van der Waals surface area contributed by atoms with E-state index in [1.165, 1.54) is 5.56 Å². The molecule has 0 radical (unpaired) electrons. The van der Waals surface area contributed by atoms with Gasteiger partial charge in [-0.25, -0.2) is 0 Å². The smallest absolute Gasteiger partial charge is 0.274 e. The largest absolute Gasteiger partial charge is 0.385 e. The van der Waals surface area contributed by atoms with E-state index < -0.39 is 0 Å². The summed E-state index contributed by atoms with van der Waals surface area (Å²) in [5, 5.41) is 6.22. The average Bonchev–Trinajstić information content (AvgIpc) is 2.63. The van der Waals surface area contributed by atoms with Crippen molar-refractivity contribution < 1.29 is 4.79 Å². The summed E-state index contributed by atoms with van der Waals surface area (Å²) in [6.45, 7) is 2.79. The molecule has 0 aliphatic carbocycles. The Kier molecular flexibility index (Phi) is 5.42. The summed E-state index contributed by atoms with van der Waals surface area (Å²) < 4.78 is 0. The molecule has 4 nitrogen and oxygen atoms in total. The minimum Gasteiger partial charge on any atom is -0.385 e. The number of hydrogen-bond acceptors (Lipinski definition) is 3. The molecule has 0 aliphatic rings. The third-order valence-corrected chi connectivity index (χ3v) is 3.85. The molecule has 0 atom stereocenters. The van der Waals surface area contributed by atoms with E-state index in [1.54, 1.807) is 12.3 Å². The van der Waals surface area contributed by atoms with Crippen LogP contribution in [-0.2, 0) is 6.42 Å². The van der Waals surface area contributed by atoms with Gasteiger partial charge in [0.1, 0.15) is 5.69 Å². The third-order valence-electron chi connectivity index (χ3n) is 3.85. The topological polar surface area (TPSA) is 54.0 Å². The van der Waals surface area contributed by atoms with Crippen LogP contribution in [0.25, 0.3) is 0 Å². The van der Waals surface area contributed by atoms with Gasteiger partial charge in [0.25, 0.3) is 5.91 Å². The number of anilines is 2. The summed E-state index contributed by atoms with van der Waals surface area (Å²) >= 11 is 0. The van der Waals surface area contributed by atoms with Crippen LogP contribution < -0.4 is 10.6 Å². The normalized spacial score (nSPS) is 10.3. The highest BCUT2D eigenvalue weighted by molar-refractivity contribution is 6.03. The fourth-order valence-electron chi connectivity index (χ4n) is 2.58. The molecule has 2 aromatic carbocycles. The van der Waals surface area contributed by atoms with Crippen LogP contribution in [0.15, 0.2) is 72.9 Å². The standard InChI is InChI=1S/C21H21N3O/c1-16-6-5-9-19(14-16)24-21(25)20-15-18(11-13-23-20)22-12-10-17-7-3-2-4-8-17/h2-9,11,13-15H,10,12H2,1H3,(H,22,23)(H,24,25). The summed E-state index contributed by atoms with van der Waals surface area (Å²) in [6, 6.07) is 21.6. The van der Waals surface area contributed by atoms with Crippen molar-refractivity contribution in [1.29, 1.82) is 0 Å². The number of carbonyl (C=O) groups is 1. The maximum absolute atomic E-state index is 12.4. The molecule has 126 valence electrons. The first-order valence-corrected chi connectivity index (χ1v) is 8.32. The van der Waals surface area contributed by atoms with Crippen molar-refractivity contribution >= 4 is 17.3 Å². The zero-order valence-corrected chi connectivity index (χ0v) is 14.2. The number of nitrogens with zero attached hydrogens (tertiary/aromatic N) is 1. The Balaban J connectivity index is 1.59. The summed E-state index contributed by atoms with van der Waals surface area (Å²) in [4.78, 5) is 16.5. The van der Waals surface area contributed by atoms with E-state index in [-0.39, 0.29) is 5.91 Å². The van der Waals surface area contributed by atoms with Crippen LogP contribution >= 0.6 is 0 Å². The van der Waals surface area contributed by atoms with Gasteiger partial charge >= 0.3 is 0 Å². The number of carbonyl (C=O) groups excluding carboxylic acids is 1. The van der Waals surface area contributed by atoms with E-state index in [2.05, 4.69) is 27.8 Å². The molecule has 0 saturated heterocycles. The van der Waals surface area contributed by atoms with Crippen molar-refractivity contribution in [3.63, 3.8) is 0 Å². The maximum Gasteiger partial charge on any atom is 0.274 e. The summed E-state index contributed by atoms with van der Waals surface area (Å²) in [6.07, 6.45) is 2.57. The van der Waals surface area contributed by atoms with Crippen molar-refractivity contribution in [3.05, 3.63) is 89.7 Å². The van der Waals surface area contributed by atoms with E-state index in [1.807, 2.05) is 55.5 Å². The number of rotatable bonds is 6. The first-order chi connectivity index (χ1) is 12.2. The van der Waals surface area contributed by atoms with Crippen LogP contribution in [0.1, 0.15) is 21.6 Å². The molecule has 0 unspecified atom stereocenters. The van der Waals surface area contributed by atoms with Gasteiger partial charge in [-0.15, -0.1) is 0 Å². The average molecular weight is 331 g/mol. The lowest BCUT2D eigenvalue weighted by molar-refractivity contribution is 0.102. The SMILES string of the molecule is Cc1cccc(NC(=O)c2cc(NCCc3ccccc3)ccn2)c1. The maximum atomic E-state index is 12.4. The predicted molar refractivity (Wildman–Crippen MR) is 102 cm³/mol. The molecule has 4 heteroatoms. The monoisotopic (exact) mass is 331 g/mol. The molecule has 1 heterocycles. The van der Waals surface area contributed by atoms with Crippen LogP contribution in [0.4, 0.5) is 11.4 Å². The number of aromatic nitrogens is 1. The minimum absolute atomic E-state index is 0.211. The second-order valence-electron chi connectivity index (χ2n) is 5.92. The summed E-state index contributed by atoms with van der Waals surface area (Å²) in [5.74, 6) is -0.211. The van der Waals surface area contributed by atoms with E-state index in [0.717, 1.165) is 29.9 Å². The highest BCUT2D eigenvalue weighted by atomic mass is 16.1. The van der Waals surface area contributed by atoms with Crippen molar-refractivity contribution in [2.45, 2.75) is 13.3 Å². The molecule has 3 aromatic rings. The van der Waals surface area contributed by atoms with Gasteiger partial charge in [-0.3, -0.25) is 9.78 Å². The summed E-state index contributed by atoms with van der Waals surface area (Å²) in [7, 11) is 0. The first-order valence-electron chi connectivity index (χ1n) is 8.32. The van der Waals surface area contributed by atoms with Crippen molar-refractivity contribution in [1.82, 2.24) is 4.98 Å². The Bertz CT molecular complexity index is 847. The second kappa shape index (κ2) is 8.11. The van der Waals surface area contributed by atoms with Crippen LogP contribution in [-0.4, -0.2) is 17.4 Å². The van der Waals surface area contributed by atoms with E-state index >= 15 is 0 Å². The minimum atomic E-state index is -0.211. The number of pyridine rings is 1. The second-order valence-corrected chi connectivity index (χ2v) is 5.92. The van der Waals surface area contributed by atoms with E-state index in [0.29, 0.717) is 5.69 Å². The first kappa shape index (κ1) is 16.7. The fourth-order valence-corrected chi connectivity index (χ4v) is 2.58. The number of aryl methyl sites for hydroxylation is 1. The number of hydrogen-bond donors (Lipinski definition) is 2. The zero-order valence-electron chi connectivity index (χ0n) is 14.2. The third kappa shape index (κ3) is 4.91. The van der Waals surface area contributed by atoms with Gasteiger partial charge in [-0.05, 0) is 48.7 Å².